The van der Waals surface area contributed by atoms with Crippen LogP contribution >= 0.6 is 0 Å². The van der Waals surface area contributed by atoms with Gasteiger partial charge >= 0.3 is 0 Å². The van der Waals surface area contributed by atoms with Crippen molar-refractivity contribution in [1.29, 1.82) is 0 Å². The van der Waals surface area contributed by atoms with Crippen LogP contribution in [0.25, 0.3) is 0 Å². The van der Waals surface area contributed by atoms with Crippen LogP contribution in [0.15, 0.2) is 47.4 Å². The topological polar surface area (TPSA) is 31.2 Å². The van der Waals surface area contributed by atoms with Gasteiger partial charge < -0.3 is 9.30 Å². The number of hydrogen-bond acceptors (Lipinski definition) is 2. The number of pyridine rings is 1. The first-order chi connectivity index (χ1) is 9.20. The number of benzene rings is 1. The molecule has 2 aromatic rings. The third-order valence-corrected chi connectivity index (χ3v) is 2.87. The van der Waals surface area contributed by atoms with Crippen LogP contribution in [0.3, 0.4) is 0 Å². The SMILES string of the molecule is Cc1cc(=O)c(OCc2ccccc2)cn1CCF. The zero-order valence-corrected chi connectivity index (χ0v) is 10.8. The Morgan fingerprint density at radius 1 is 1.26 bits per heavy atom. The van der Waals surface area contributed by atoms with Gasteiger partial charge in [-0.15, -0.1) is 0 Å². The molecule has 0 unspecified atom stereocenters. The second-order valence-electron chi connectivity index (χ2n) is 4.30. The molecule has 0 spiro atoms. The Labute approximate surface area is 111 Å². The first-order valence-corrected chi connectivity index (χ1v) is 6.14. The zero-order valence-electron chi connectivity index (χ0n) is 10.8. The van der Waals surface area contributed by atoms with E-state index in [1.54, 1.807) is 17.7 Å². The average molecular weight is 261 g/mol. The van der Waals surface area contributed by atoms with Crippen molar-refractivity contribution in [3.8, 4) is 5.75 Å². The molecule has 0 atom stereocenters. The molecule has 1 aromatic carbocycles. The predicted molar refractivity (Wildman–Crippen MR) is 72.2 cm³/mol. The average Bonchev–Trinajstić information content (AvgIpc) is 2.42. The van der Waals surface area contributed by atoms with Crippen molar-refractivity contribution in [1.82, 2.24) is 4.57 Å². The van der Waals surface area contributed by atoms with Crippen molar-refractivity contribution < 1.29 is 9.13 Å². The van der Waals surface area contributed by atoms with Gasteiger partial charge in [0.25, 0.3) is 0 Å². The van der Waals surface area contributed by atoms with E-state index in [0.29, 0.717) is 6.61 Å². The van der Waals surface area contributed by atoms with Crippen LogP contribution < -0.4 is 10.2 Å². The third kappa shape index (κ3) is 3.44. The van der Waals surface area contributed by atoms with E-state index < -0.39 is 6.67 Å². The number of aromatic nitrogens is 1. The van der Waals surface area contributed by atoms with Crippen LogP contribution in [0.5, 0.6) is 5.75 Å². The maximum absolute atomic E-state index is 12.4. The Morgan fingerprint density at radius 2 is 2.00 bits per heavy atom. The smallest absolute Gasteiger partial charge is 0.223 e. The van der Waals surface area contributed by atoms with Crippen LogP contribution in [0.4, 0.5) is 4.39 Å². The molecular weight excluding hydrogens is 245 g/mol. The van der Waals surface area contributed by atoms with Gasteiger partial charge in [-0.05, 0) is 12.5 Å². The normalized spacial score (nSPS) is 10.4. The van der Waals surface area contributed by atoms with E-state index in [1.807, 2.05) is 30.3 Å². The van der Waals surface area contributed by atoms with Gasteiger partial charge in [0.2, 0.25) is 5.43 Å². The monoisotopic (exact) mass is 261 g/mol. The molecule has 3 nitrogen and oxygen atoms in total. The second kappa shape index (κ2) is 6.18. The van der Waals surface area contributed by atoms with Gasteiger partial charge in [0.05, 0.1) is 12.7 Å². The highest BCUT2D eigenvalue weighted by atomic mass is 19.1. The van der Waals surface area contributed by atoms with Crippen molar-refractivity contribution in [3.63, 3.8) is 0 Å². The Hall–Kier alpha value is -2.10. The Balaban J connectivity index is 2.16. The molecule has 100 valence electrons. The molecule has 0 aliphatic rings. The summed E-state index contributed by atoms with van der Waals surface area (Å²) in [6, 6.07) is 11.1. The van der Waals surface area contributed by atoms with Crippen LogP contribution in [0.2, 0.25) is 0 Å². The molecule has 19 heavy (non-hydrogen) atoms. The van der Waals surface area contributed by atoms with Crippen LogP contribution in [-0.2, 0) is 13.2 Å². The van der Waals surface area contributed by atoms with Crippen LogP contribution in [0, 0.1) is 6.92 Å². The molecule has 0 N–H and O–H groups in total. The van der Waals surface area contributed by atoms with Crippen molar-refractivity contribution in [2.45, 2.75) is 20.1 Å². The lowest BCUT2D eigenvalue weighted by Crippen LogP contribution is -2.14. The zero-order chi connectivity index (χ0) is 13.7. The minimum atomic E-state index is -0.470. The fourth-order valence-corrected chi connectivity index (χ4v) is 1.83. The summed E-state index contributed by atoms with van der Waals surface area (Å²) in [5.74, 6) is 0.253. The number of nitrogens with zero attached hydrogens (tertiary/aromatic N) is 1. The summed E-state index contributed by atoms with van der Waals surface area (Å²) in [5, 5.41) is 0. The lowest BCUT2D eigenvalue weighted by atomic mass is 10.2. The summed E-state index contributed by atoms with van der Waals surface area (Å²) in [6.45, 7) is 1.86. The third-order valence-electron chi connectivity index (χ3n) is 2.87. The summed E-state index contributed by atoms with van der Waals surface area (Å²) in [5.41, 5.74) is 1.54. The summed E-state index contributed by atoms with van der Waals surface area (Å²) in [4.78, 5) is 11.8. The van der Waals surface area contributed by atoms with Gasteiger partial charge in [-0.3, -0.25) is 4.79 Å². The Kier molecular flexibility index (Phi) is 4.34. The number of hydrogen-bond donors (Lipinski definition) is 0. The molecule has 0 radical (unpaired) electrons. The molecule has 1 heterocycles. The highest BCUT2D eigenvalue weighted by molar-refractivity contribution is 5.22. The number of aryl methyl sites for hydroxylation is 2. The molecular formula is C15H16FNO2. The summed E-state index contributed by atoms with van der Waals surface area (Å²) >= 11 is 0. The van der Waals surface area contributed by atoms with E-state index >= 15 is 0 Å². The maximum Gasteiger partial charge on any atom is 0.223 e. The summed E-state index contributed by atoms with van der Waals surface area (Å²) in [7, 11) is 0. The quantitative estimate of drug-likeness (QED) is 0.828. The second-order valence-corrected chi connectivity index (χ2v) is 4.30. The highest BCUT2D eigenvalue weighted by Crippen LogP contribution is 2.09. The van der Waals surface area contributed by atoms with Crippen molar-refractivity contribution in [2.24, 2.45) is 0 Å². The van der Waals surface area contributed by atoms with E-state index in [2.05, 4.69) is 0 Å². The van der Waals surface area contributed by atoms with Gasteiger partial charge in [-0.2, -0.15) is 0 Å². The first kappa shape index (κ1) is 13.3. The fraction of sp³-hybridized carbons (Fsp3) is 0.267. The lowest BCUT2D eigenvalue weighted by molar-refractivity contribution is 0.299. The van der Waals surface area contributed by atoms with Crippen molar-refractivity contribution in [3.05, 3.63) is 64.1 Å². The lowest BCUT2D eigenvalue weighted by Gasteiger charge is -2.11. The molecule has 0 saturated carbocycles. The minimum Gasteiger partial charge on any atom is -0.483 e. The Bertz CT molecular complexity index is 593. The van der Waals surface area contributed by atoms with Gasteiger partial charge in [0.1, 0.15) is 13.3 Å². The standard InChI is InChI=1S/C15H16FNO2/c1-12-9-14(18)15(10-17(12)8-7-16)19-11-13-5-3-2-4-6-13/h2-6,9-10H,7-8,11H2,1H3. The van der Waals surface area contributed by atoms with Gasteiger partial charge in [0, 0.05) is 11.8 Å². The van der Waals surface area contributed by atoms with Crippen LogP contribution in [0.1, 0.15) is 11.3 Å². The van der Waals surface area contributed by atoms with Gasteiger partial charge in [-0.1, -0.05) is 30.3 Å². The molecule has 0 aliphatic heterocycles. The van der Waals surface area contributed by atoms with Crippen molar-refractivity contribution in [2.75, 3.05) is 6.67 Å². The molecule has 0 fully saturated rings. The van der Waals surface area contributed by atoms with Gasteiger partial charge in [-0.25, -0.2) is 4.39 Å². The molecule has 2 rings (SSSR count). The molecule has 0 amide bonds. The fourth-order valence-electron chi connectivity index (χ4n) is 1.83. The minimum absolute atomic E-state index is 0.177. The molecule has 0 aliphatic carbocycles. The molecule has 0 bridgehead atoms. The number of alkyl halides is 1. The number of ether oxygens (including phenoxy) is 1. The van der Waals surface area contributed by atoms with E-state index in [9.17, 15) is 9.18 Å². The number of halogens is 1. The van der Waals surface area contributed by atoms with Crippen LogP contribution in [-0.4, -0.2) is 11.2 Å². The maximum atomic E-state index is 12.4. The Morgan fingerprint density at radius 3 is 2.68 bits per heavy atom. The van der Waals surface area contributed by atoms with Gasteiger partial charge in [0.15, 0.2) is 5.75 Å². The molecule has 0 saturated heterocycles. The summed E-state index contributed by atoms with van der Waals surface area (Å²) in [6.07, 6.45) is 1.57. The van der Waals surface area contributed by atoms with Crippen molar-refractivity contribution >= 4 is 0 Å². The van der Waals surface area contributed by atoms with E-state index in [-0.39, 0.29) is 17.7 Å². The molecule has 1 aromatic heterocycles. The van der Waals surface area contributed by atoms with E-state index in [0.717, 1.165) is 11.3 Å². The predicted octanol–water partition coefficient (Wildman–Crippen LogP) is 2.71. The van der Waals surface area contributed by atoms with E-state index in [4.69, 9.17) is 4.74 Å². The number of rotatable bonds is 5. The summed E-state index contributed by atoms with van der Waals surface area (Å²) < 4.78 is 19.6. The van der Waals surface area contributed by atoms with E-state index in [1.165, 1.54) is 6.07 Å². The largest absolute Gasteiger partial charge is 0.483 e. The molecule has 4 heteroatoms. The highest BCUT2D eigenvalue weighted by Gasteiger charge is 2.05. The first-order valence-electron chi connectivity index (χ1n) is 6.14.